The number of rotatable bonds is 8. The summed E-state index contributed by atoms with van der Waals surface area (Å²) < 4.78 is 32.9. The van der Waals surface area contributed by atoms with Crippen LogP contribution in [0.4, 0.5) is 11.4 Å². The molecule has 0 saturated carbocycles. The van der Waals surface area contributed by atoms with Crippen molar-refractivity contribution in [2.45, 2.75) is 11.8 Å². The fourth-order valence-corrected chi connectivity index (χ4v) is 5.35. The number of carbonyl (C=O) groups is 2. The number of nitrogens with one attached hydrogen (secondary N) is 2. The molecule has 0 aliphatic rings. The molecular weight excluding hydrogens is 454 g/mol. The van der Waals surface area contributed by atoms with Crippen LogP contribution in [0.25, 0.3) is 0 Å². The molecule has 3 rings (SSSR count). The lowest BCUT2D eigenvalue weighted by atomic mass is 10.2. The smallest absolute Gasteiger partial charge is 0.274 e. The van der Waals surface area contributed by atoms with E-state index in [4.69, 9.17) is 9.94 Å². The molecule has 0 aliphatic heterocycles. The van der Waals surface area contributed by atoms with Crippen molar-refractivity contribution in [2.75, 3.05) is 23.3 Å². The quantitative estimate of drug-likeness (QED) is 0.339. The van der Waals surface area contributed by atoms with Crippen LogP contribution in [-0.2, 0) is 10.0 Å². The van der Waals surface area contributed by atoms with E-state index < -0.39 is 21.8 Å². The summed E-state index contributed by atoms with van der Waals surface area (Å²) in [7, 11) is -2.62. The summed E-state index contributed by atoms with van der Waals surface area (Å²) >= 11 is 0.983. The third kappa shape index (κ3) is 4.90. The highest BCUT2D eigenvalue weighted by atomic mass is 32.2. The van der Waals surface area contributed by atoms with Gasteiger partial charge in [0.1, 0.15) is 15.5 Å². The van der Waals surface area contributed by atoms with Gasteiger partial charge in [-0.25, -0.2) is 13.9 Å². The molecule has 11 heteroatoms. The van der Waals surface area contributed by atoms with Crippen LogP contribution in [-0.4, -0.2) is 39.1 Å². The molecule has 2 aromatic carbocycles. The van der Waals surface area contributed by atoms with Gasteiger partial charge in [0.05, 0.1) is 12.3 Å². The summed E-state index contributed by atoms with van der Waals surface area (Å²) in [4.78, 5) is 24.2. The Kier molecular flexibility index (Phi) is 7.13. The molecule has 0 aliphatic carbocycles. The Bertz CT molecular complexity index is 1220. The van der Waals surface area contributed by atoms with Crippen molar-refractivity contribution < 1.29 is 28.0 Å². The first-order valence-electron chi connectivity index (χ1n) is 9.43. The highest BCUT2D eigenvalue weighted by Gasteiger charge is 2.28. The SMILES string of the molecule is CCOc1ccc(N(C)S(=O)(=O)c2ccsc2C(=O)Nc2cccc(C(=O)NO)c2)cc1. The van der Waals surface area contributed by atoms with Gasteiger partial charge < -0.3 is 10.1 Å². The van der Waals surface area contributed by atoms with Crippen molar-refractivity contribution >= 4 is 44.5 Å². The highest BCUT2D eigenvalue weighted by molar-refractivity contribution is 7.93. The van der Waals surface area contributed by atoms with E-state index in [0.29, 0.717) is 18.0 Å². The van der Waals surface area contributed by atoms with E-state index in [1.54, 1.807) is 30.3 Å². The van der Waals surface area contributed by atoms with Crippen molar-refractivity contribution in [2.24, 2.45) is 0 Å². The Morgan fingerprint density at radius 2 is 1.81 bits per heavy atom. The maximum atomic E-state index is 13.2. The third-order valence-corrected chi connectivity index (χ3v) is 7.34. The van der Waals surface area contributed by atoms with Gasteiger partial charge in [-0.3, -0.25) is 19.1 Å². The Morgan fingerprint density at radius 3 is 2.47 bits per heavy atom. The Balaban J connectivity index is 1.85. The fraction of sp³-hybridized carbons (Fsp3) is 0.143. The van der Waals surface area contributed by atoms with Gasteiger partial charge in [-0.15, -0.1) is 11.3 Å². The Labute approximate surface area is 189 Å². The second-order valence-corrected chi connectivity index (χ2v) is 9.34. The van der Waals surface area contributed by atoms with Crippen LogP contribution in [0, 0.1) is 0 Å². The molecule has 0 atom stereocenters. The van der Waals surface area contributed by atoms with Crippen molar-refractivity contribution in [3.05, 3.63) is 70.4 Å². The van der Waals surface area contributed by atoms with Crippen LogP contribution in [0.15, 0.2) is 64.9 Å². The van der Waals surface area contributed by atoms with Crippen LogP contribution >= 0.6 is 11.3 Å². The first-order chi connectivity index (χ1) is 15.3. The summed E-state index contributed by atoms with van der Waals surface area (Å²) in [5.74, 6) is -0.757. The number of carbonyl (C=O) groups excluding carboxylic acids is 2. The molecule has 0 radical (unpaired) electrons. The molecule has 9 nitrogen and oxygen atoms in total. The zero-order valence-electron chi connectivity index (χ0n) is 17.2. The minimum Gasteiger partial charge on any atom is -0.494 e. The summed E-state index contributed by atoms with van der Waals surface area (Å²) in [5.41, 5.74) is 2.32. The Hall–Kier alpha value is -3.41. The molecule has 168 valence electrons. The standard InChI is InChI=1S/C21H21N3O6S2/c1-3-30-17-9-7-16(8-10-17)24(2)32(28,29)18-11-12-31-19(18)21(26)22-15-6-4-5-14(13-15)20(25)23-27/h4-13,27H,3H2,1-2H3,(H,22,26)(H,23,25). The van der Waals surface area contributed by atoms with Gasteiger partial charge in [-0.1, -0.05) is 6.07 Å². The number of thiophene rings is 1. The maximum absolute atomic E-state index is 13.2. The van der Waals surface area contributed by atoms with Crippen LogP contribution in [0.5, 0.6) is 5.75 Å². The summed E-state index contributed by atoms with van der Waals surface area (Å²) in [5, 5.41) is 12.9. The largest absolute Gasteiger partial charge is 0.494 e. The molecule has 1 heterocycles. The molecule has 0 unspecified atom stereocenters. The van der Waals surface area contributed by atoms with E-state index in [9.17, 15) is 18.0 Å². The lowest BCUT2D eigenvalue weighted by Gasteiger charge is -2.20. The van der Waals surface area contributed by atoms with E-state index in [-0.39, 0.29) is 21.0 Å². The molecule has 1 aromatic heterocycles. The summed E-state index contributed by atoms with van der Waals surface area (Å²) in [6, 6.07) is 13.8. The number of anilines is 2. The average Bonchev–Trinajstić information content (AvgIpc) is 3.30. The fourth-order valence-electron chi connectivity index (χ4n) is 2.86. The minimum absolute atomic E-state index is 0.000186. The monoisotopic (exact) mass is 475 g/mol. The number of nitrogens with zero attached hydrogens (tertiary/aromatic N) is 1. The number of hydroxylamine groups is 1. The van der Waals surface area contributed by atoms with E-state index in [1.165, 1.54) is 42.2 Å². The van der Waals surface area contributed by atoms with Gasteiger partial charge in [0.15, 0.2) is 0 Å². The third-order valence-electron chi connectivity index (χ3n) is 4.47. The first kappa shape index (κ1) is 23.3. The van der Waals surface area contributed by atoms with Crippen LogP contribution in [0.2, 0.25) is 0 Å². The van der Waals surface area contributed by atoms with Gasteiger partial charge in [-0.05, 0) is 60.8 Å². The topological polar surface area (TPSA) is 125 Å². The van der Waals surface area contributed by atoms with Crippen LogP contribution < -0.4 is 19.8 Å². The molecule has 0 bridgehead atoms. The lowest BCUT2D eigenvalue weighted by molar-refractivity contribution is 0.0706. The normalized spacial score (nSPS) is 11.0. The number of hydrogen-bond acceptors (Lipinski definition) is 7. The zero-order chi connectivity index (χ0) is 23.3. The minimum atomic E-state index is -4.02. The van der Waals surface area contributed by atoms with Gasteiger partial charge in [0.25, 0.3) is 21.8 Å². The molecule has 3 aromatic rings. The zero-order valence-corrected chi connectivity index (χ0v) is 18.9. The number of amides is 2. The number of hydrogen-bond donors (Lipinski definition) is 3. The molecule has 0 saturated heterocycles. The van der Waals surface area contributed by atoms with Crippen molar-refractivity contribution in [1.82, 2.24) is 5.48 Å². The van der Waals surface area contributed by atoms with Crippen LogP contribution in [0.1, 0.15) is 27.0 Å². The van der Waals surface area contributed by atoms with E-state index in [2.05, 4.69) is 5.32 Å². The van der Waals surface area contributed by atoms with E-state index in [0.717, 1.165) is 15.6 Å². The predicted molar refractivity (Wildman–Crippen MR) is 121 cm³/mol. The average molecular weight is 476 g/mol. The Morgan fingerprint density at radius 1 is 1.09 bits per heavy atom. The molecule has 0 fully saturated rings. The second kappa shape index (κ2) is 9.81. The molecule has 3 N–H and O–H groups in total. The summed E-state index contributed by atoms with van der Waals surface area (Å²) in [6.45, 7) is 2.35. The first-order valence-corrected chi connectivity index (χ1v) is 11.7. The van der Waals surface area contributed by atoms with E-state index >= 15 is 0 Å². The second-order valence-electron chi connectivity index (χ2n) is 6.49. The van der Waals surface area contributed by atoms with Gasteiger partial charge in [0, 0.05) is 18.3 Å². The van der Waals surface area contributed by atoms with Crippen molar-refractivity contribution in [1.29, 1.82) is 0 Å². The number of benzene rings is 2. The van der Waals surface area contributed by atoms with Gasteiger partial charge in [0.2, 0.25) is 0 Å². The number of sulfonamides is 1. The van der Waals surface area contributed by atoms with Crippen molar-refractivity contribution in [3.63, 3.8) is 0 Å². The predicted octanol–water partition coefficient (Wildman–Crippen LogP) is 3.34. The molecule has 0 spiro atoms. The molecule has 2 amide bonds. The highest BCUT2D eigenvalue weighted by Crippen LogP contribution is 2.29. The van der Waals surface area contributed by atoms with Gasteiger partial charge in [-0.2, -0.15) is 0 Å². The molecule has 32 heavy (non-hydrogen) atoms. The number of ether oxygens (including phenoxy) is 1. The summed E-state index contributed by atoms with van der Waals surface area (Å²) in [6.07, 6.45) is 0. The maximum Gasteiger partial charge on any atom is 0.274 e. The van der Waals surface area contributed by atoms with E-state index in [1.807, 2.05) is 6.92 Å². The lowest BCUT2D eigenvalue weighted by Crippen LogP contribution is -2.28. The van der Waals surface area contributed by atoms with Crippen LogP contribution in [0.3, 0.4) is 0 Å². The molecular formula is C21H21N3O6S2. The van der Waals surface area contributed by atoms with Gasteiger partial charge >= 0.3 is 0 Å². The van der Waals surface area contributed by atoms with Crippen molar-refractivity contribution in [3.8, 4) is 5.75 Å².